The molecule has 14 heavy (non-hydrogen) atoms. The normalized spacial score (nSPS) is 7.50. The first-order valence-corrected chi connectivity index (χ1v) is 4.50. The van der Waals surface area contributed by atoms with E-state index in [1.807, 2.05) is 0 Å². The molecule has 0 aromatic carbocycles. The molecule has 0 radical (unpaired) electrons. The van der Waals surface area contributed by atoms with Crippen LogP contribution in [0.2, 0.25) is 0 Å². The SMILES string of the molecule is O=S([O-])[O-].O=S([O-])[O-].O=S([O-])[O-].[Tm+3].[Tm+3]. The molecule has 0 rings (SSSR count). The molecule has 0 N–H and O–H groups in total. The van der Waals surface area contributed by atoms with E-state index in [1.165, 1.54) is 0 Å². The minimum Gasteiger partial charge on any atom is -0.784 e. The molecule has 98 valence electrons. The smallest absolute Gasteiger partial charge is 0.784 e. The van der Waals surface area contributed by atoms with Crippen molar-refractivity contribution in [2.75, 3.05) is 0 Å². The van der Waals surface area contributed by atoms with Gasteiger partial charge in [0.1, 0.15) is 0 Å². The monoisotopic (exact) mass is 578 g/mol. The quantitative estimate of drug-likeness (QED) is 0.270. The Labute approximate surface area is 145 Å². The predicted molar refractivity (Wildman–Crippen MR) is 29.1 cm³/mol. The van der Waals surface area contributed by atoms with Crippen molar-refractivity contribution in [2.45, 2.75) is 0 Å². The van der Waals surface area contributed by atoms with Crippen molar-refractivity contribution in [3.63, 3.8) is 0 Å². The molecule has 0 aliphatic rings. The van der Waals surface area contributed by atoms with Crippen LogP contribution in [0.1, 0.15) is 0 Å². The summed E-state index contributed by atoms with van der Waals surface area (Å²) in [5, 5.41) is 0. The molecular weight excluding hydrogens is 578 g/mol. The number of rotatable bonds is 0. The summed E-state index contributed by atoms with van der Waals surface area (Å²) in [5.74, 6) is 0. The second kappa shape index (κ2) is 24.8. The average molecular weight is 578 g/mol. The van der Waals surface area contributed by atoms with Gasteiger partial charge in [0.2, 0.25) is 0 Å². The fraction of sp³-hybridized carbons (Fsp3) is 0. The third-order valence-corrected chi connectivity index (χ3v) is 0. The van der Waals surface area contributed by atoms with Crippen molar-refractivity contribution in [3.05, 3.63) is 0 Å². The zero-order valence-electron chi connectivity index (χ0n) is 5.45. The van der Waals surface area contributed by atoms with Crippen LogP contribution >= 0.6 is 0 Å². The first-order valence-electron chi connectivity index (χ1n) is 1.50. The summed E-state index contributed by atoms with van der Waals surface area (Å²) in [7, 11) is 0. The molecule has 0 saturated carbocycles. The van der Waals surface area contributed by atoms with Crippen LogP contribution < -0.4 is 0 Å². The molecule has 14 heteroatoms. The molecule has 0 heterocycles. The van der Waals surface area contributed by atoms with Crippen molar-refractivity contribution in [1.29, 1.82) is 0 Å². The van der Waals surface area contributed by atoms with Gasteiger partial charge in [-0.25, -0.2) is 0 Å². The van der Waals surface area contributed by atoms with Gasteiger partial charge >= 0.3 is 73.7 Å². The third kappa shape index (κ3) is 383. The van der Waals surface area contributed by atoms with Crippen molar-refractivity contribution in [3.8, 4) is 0 Å². The molecule has 0 aliphatic heterocycles. The van der Waals surface area contributed by atoms with Gasteiger partial charge < -0.3 is 27.3 Å². The molecule has 0 amide bonds. The molecule has 0 saturated heterocycles. The van der Waals surface area contributed by atoms with Crippen LogP contribution in [0.5, 0.6) is 0 Å². The van der Waals surface area contributed by atoms with E-state index in [2.05, 4.69) is 0 Å². The number of hydrogen-bond donors (Lipinski definition) is 0. The van der Waals surface area contributed by atoms with Crippen LogP contribution in [-0.2, 0) is 34.1 Å². The van der Waals surface area contributed by atoms with E-state index in [0.29, 0.717) is 0 Å². The Morgan fingerprint density at radius 2 is 0.500 bits per heavy atom. The Morgan fingerprint density at radius 3 is 0.500 bits per heavy atom. The van der Waals surface area contributed by atoms with Gasteiger partial charge in [-0.15, -0.1) is 34.1 Å². The van der Waals surface area contributed by atoms with Crippen LogP contribution in [-0.4, -0.2) is 39.9 Å². The van der Waals surface area contributed by atoms with Gasteiger partial charge in [-0.05, 0) is 0 Å². The van der Waals surface area contributed by atoms with E-state index < -0.39 is 34.1 Å². The van der Waals surface area contributed by atoms with Crippen molar-refractivity contribution in [2.24, 2.45) is 0 Å². The van der Waals surface area contributed by atoms with Gasteiger partial charge in [0.05, 0.1) is 0 Å². The Balaban J connectivity index is -0.0000000270. The fourth-order valence-corrected chi connectivity index (χ4v) is 0. The van der Waals surface area contributed by atoms with Gasteiger partial charge in [0.25, 0.3) is 0 Å². The maximum Gasteiger partial charge on any atom is 3.00 e. The van der Waals surface area contributed by atoms with Gasteiger partial charge in [0.15, 0.2) is 0 Å². The summed E-state index contributed by atoms with van der Waals surface area (Å²) in [6, 6.07) is 0. The summed E-state index contributed by atoms with van der Waals surface area (Å²) in [6.45, 7) is 0. The largest absolute Gasteiger partial charge is 3.00 e. The van der Waals surface area contributed by atoms with Crippen molar-refractivity contribution in [1.82, 2.24) is 0 Å². The maximum absolute atomic E-state index is 8.44. The first kappa shape index (κ1) is 30.1. The van der Waals surface area contributed by atoms with E-state index in [-0.39, 0.29) is 73.7 Å². The van der Waals surface area contributed by atoms with Crippen LogP contribution in [0.3, 0.4) is 0 Å². The summed E-state index contributed by atoms with van der Waals surface area (Å²) in [4.78, 5) is 0. The minimum absolute atomic E-state index is 0. The zero-order valence-corrected chi connectivity index (χ0v) is 11.5. The molecule has 0 aromatic heterocycles. The van der Waals surface area contributed by atoms with Crippen LogP contribution in [0, 0.1) is 73.7 Å². The Morgan fingerprint density at radius 1 is 0.500 bits per heavy atom. The maximum atomic E-state index is 8.44. The number of hydrogen-bond acceptors (Lipinski definition) is 9. The molecule has 0 spiro atoms. The third-order valence-electron chi connectivity index (χ3n) is 0. The Bertz CT molecular complexity index is 116. The Hall–Kier alpha value is 2.68. The molecule has 0 fully saturated rings. The van der Waals surface area contributed by atoms with Gasteiger partial charge in [-0.2, -0.15) is 0 Å². The van der Waals surface area contributed by atoms with Crippen molar-refractivity contribution < 1.29 is 114 Å². The first-order chi connectivity index (χ1) is 5.20. The molecule has 9 nitrogen and oxygen atoms in total. The molecule has 0 aromatic rings. The zero-order chi connectivity index (χ0) is 10.7. The van der Waals surface area contributed by atoms with Crippen LogP contribution in [0.15, 0.2) is 0 Å². The molecule has 0 atom stereocenters. The van der Waals surface area contributed by atoms with Gasteiger partial charge in [-0.3, -0.25) is 12.6 Å². The summed E-state index contributed by atoms with van der Waals surface area (Å²) < 4.78 is 76.0. The van der Waals surface area contributed by atoms with Gasteiger partial charge in [0, 0.05) is 0 Å². The second-order valence-electron chi connectivity index (χ2n) is 0.612. The predicted octanol–water partition coefficient (Wildman–Crippen LogP) is -3.01. The summed E-state index contributed by atoms with van der Waals surface area (Å²) in [6.07, 6.45) is 0. The topological polar surface area (TPSA) is 190 Å². The molecule has 0 aliphatic carbocycles. The summed E-state index contributed by atoms with van der Waals surface area (Å²) in [5.41, 5.74) is 0. The standard InChI is InChI=1S/3H2O3S.2Tm/c3*1-4(2)3;;/h3*(H2,1,2,3);;/q;;;2*+3/p-6. The van der Waals surface area contributed by atoms with E-state index >= 15 is 0 Å². The van der Waals surface area contributed by atoms with E-state index in [1.54, 1.807) is 0 Å². The molecule has 0 unspecified atom stereocenters. The van der Waals surface area contributed by atoms with Crippen molar-refractivity contribution >= 4 is 34.1 Å². The molecular formula is O9S3Tm2. The van der Waals surface area contributed by atoms with E-state index in [9.17, 15) is 0 Å². The summed E-state index contributed by atoms with van der Waals surface area (Å²) >= 11 is -9.33. The van der Waals surface area contributed by atoms with Crippen LogP contribution in [0.25, 0.3) is 0 Å². The minimum atomic E-state index is -3.11. The molecule has 0 bridgehead atoms. The second-order valence-corrected chi connectivity index (χ2v) is 1.84. The Kier molecular flexibility index (Phi) is 53.2. The van der Waals surface area contributed by atoms with E-state index in [0.717, 1.165) is 0 Å². The van der Waals surface area contributed by atoms with Gasteiger partial charge in [-0.1, -0.05) is 0 Å². The fourth-order valence-electron chi connectivity index (χ4n) is 0. The van der Waals surface area contributed by atoms with Crippen LogP contribution in [0.4, 0.5) is 0 Å². The van der Waals surface area contributed by atoms with E-state index in [4.69, 9.17) is 39.9 Å². The average Bonchev–Trinajstić information content (AvgIpc) is 1.54.